The number of aliphatic hydroxyl groups is 4. The van der Waals surface area contributed by atoms with Crippen molar-refractivity contribution in [1.82, 2.24) is 0 Å². The van der Waals surface area contributed by atoms with E-state index in [-0.39, 0.29) is 45.4 Å². The molecule has 4 nitrogen and oxygen atoms in total. The van der Waals surface area contributed by atoms with Crippen LogP contribution in [0.3, 0.4) is 0 Å². The zero-order valence-electron chi connectivity index (χ0n) is 60.8. The van der Waals surface area contributed by atoms with Crippen molar-refractivity contribution in [2.45, 2.75) is 46.1 Å². The van der Waals surface area contributed by atoms with Crippen LogP contribution in [0.4, 0.5) is 0 Å². The Labute approximate surface area is 657 Å². The van der Waals surface area contributed by atoms with Gasteiger partial charge in [0.15, 0.2) is 0 Å². The maximum atomic E-state index is 12.3. The van der Waals surface area contributed by atoms with Gasteiger partial charge in [-0.05, 0) is 89.0 Å². The summed E-state index contributed by atoms with van der Waals surface area (Å²) in [4.78, 5) is 0. The molecule has 0 unspecified atom stereocenters. The van der Waals surface area contributed by atoms with Crippen LogP contribution in [-0.2, 0) is 44.1 Å². The molecule has 0 bridgehead atoms. The van der Waals surface area contributed by atoms with Crippen LogP contribution in [0.25, 0.3) is 0 Å². The largest absolute Gasteiger partial charge is 0.379 e. The van der Waals surface area contributed by atoms with Gasteiger partial charge < -0.3 is 20.4 Å². The van der Waals surface area contributed by atoms with Crippen molar-refractivity contribution in [2.75, 3.05) is 0 Å². The van der Waals surface area contributed by atoms with Crippen LogP contribution in [-0.4, -0.2) is 20.4 Å². The molecule has 0 saturated heterocycles. The summed E-state index contributed by atoms with van der Waals surface area (Å²) >= 11 is 0. The summed E-state index contributed by atoms with van der Waals surface area (Å²) in [6.45, 7) is 0. The van der Waals surface area contributed by atoms with E-state index in [1.54, 1.807) is 0 Å². The molecule has 16 rings (SSSR count). The maximum absolute atomic E-state index is 12.3. The van der Waals surface area contributed by atoms with E-state index in [4.69, 9.17) is 0 Å². The van der Waals surface area contributed by atoms with E-state index in [9.17, 15) is 20.4 Å². The molecular weight excluding hydrogens is 1360 g/mol. The number of hydrogen-bond donors (Lipinski definition) is 4. The van der Waals surface area contributed by atoms with E-state index in [1.807, 2.05) is 388 Å². The molecule has 0 aliphatic heterocycles. The minimum Gasteiger partial charge on any atom is -0.379 e. The van der Waals surface area contributed by atoms with E-state index in [0.29, 0.717) is 0 Å². The Kier molecular flexibility index (Phi) is 26.4. The molecule has 0 saturated carbocycles. The zero-order chi connectivity index (χ0) is 74.1. The second kappa shape index (κ2) is 37.6. The minimum absolute atomic E-state index is 0. The standard InChI is InChI=1S/4C26H22O.Ti/c4*27-26(23-17-9-3-10-18-23,24-19-11-4-12-20-24)25(21-13-5-1-6-14-21)22-15-7-2-8-16-22;/h4*1-20,25,27H;. The molecule has 0 aliphatic carbocycles. The summed E-state index contributed by atoms with van der Waals surface area (Å²) in [6.07, 6.45) is 0. The summed E-state index contributed by atoms with van der Waals surface area (Å²) in [7, 11) is 0. The van der Waals surface area contributed by atoms with Crippen LogP contribution in [0.15, 0.2) is 485 Å². The predicted octanol–water partition coefficient (Wildman–Crippen LogP) is 23.0. The molecule has 0 amide bonds. The van der Waals surface area contributed by atoms with Gasteiger partial charge in [0.2, 0.25) is 0 Å². The van der Waals surface area contributed by atoms with Crippen molar-refractivity contribution in [3.05, 3.63) is 574 Å². The van der Waals surface area contributed by atoms with Crippen LogP contribution in [0, 0.1) is 0 Å². The third-order valence-corrected chi connectivity index (χ3v) is 20.4. The number of hydrogen-bond acceptors (Lipinski definition) is 4. The Morgan fingerprint density at radius 2 is 0.193 bits per heavy atom. The van der Waals surface area contributed by atoms with Gasteiger partial charge in [-0.1, -0.05) is 485 Å². The zero-order valence-corrected chi connectivity index (χ0v) is 62.3. The van der Waals surface area contributed by atoms with Crippen LogP contribution in [0.1, 0.15) is 113 Å². The van der Waals surface area contributed by atoms with Crippen molar-refractivity contribution in [3.8, 4) is 0 Å². The summed E-state index contributed by atoms with van der Waals surface area (Å²) in [5.74, 6) is -0.927. The average Bonchev–Trinajstić information content (AvgIpc) is 0.771. The van der Waals surface area contributed by atoms with Gasteiger partial charge in [-0.15, -0.1) is 0 Å². The Morgan fingerprint density at radius 1 is 0.119 bits per heavy atom. The van der Waals surface area contributed by atoms with Gasteiger partial charge in [-0.2, -0.15) is 0 Å². The first-order chi connectivity index (χ1) is 53.2. The number of benzene rings is 16. The fraction of sp³-hybridized carbons (Fsp3) is 0.0769. The molecular formula is C104H88O4Ti. The smallest absolute Gasteiger partial charge is 0.125 e. The van der Waals surface area contributed by atoms with Crippen LogP contribution < -0.4 is 0 Å². The first kappa shape index (κ1) is 76.7. The van der Waals surface area contributed by atoms with Crippen molar-refractivity contribution < 1.29 is 42.1 Å². The molecule has 0 fully saturated rings. The summed E-state index contributed by atoms with van der Waals surface area (Å²) in [6, 6.07) is 162. The van der Waals surface area contributed by atoms with Crippen LogP contribution in [0.5, 0.6) is 0 Å². The Morgan fingerprint density at radius 3 is 0.275 bits per heavy atom. The topological polar surface area (TPSA) is 80.9 Å². The molecule has 0 radical (unpaired) electrons. The van der Waals surface area contributed by atoms with Crippen molar-refractivity contribution >= 4 is 0 Å². The molecule has 16 aromatic carbocycles. The Bertz CT molecular complexity index is 4220. The summed E-state index contributed by atoms with van der Waals surface area (Å²) in [5.41, 5.74) is 11.0. The fourth-order valence-corrected chi connectivity index (χ4v) is 15.4. The van der Waals surface area contributed by atoms with E-state index >= 15 is 0 Å². The second-order valence-corrected chi connectivity index (χ2v) is 27.0. The van der Waals surface area contributed by atoms with Gasteiger partial charge in [0, 0.05) is 45.4 Å². The van der Waals surface area contributed by atoms with Gasteiger partial charge >= 0.3 is 0 Å². The Hall–Kier alpha value is -11.9. The molecule has 0 aliphatic rings. The van der Waals surface area contributed by atoms with Gasteiger partial charge in [0.1, 0.15) is 22.4 Å². The molecule has 0 atom stereocenters. The molecule has 109 heavy (non-hydrogen) atoms. The minimum atomic E-state index is -1.19. The van der Waals surface area contributed by atoms with Gasteiger partial charge in [0.05, 0.1) is 0 Å². The second-order valence-electron chi connectivity index (χ2n) is 27.0. The third kappa shape index (κ3) is 17.6. The van der Waals surface area contributed by atoms with Crippen molar-refractivity contribution in [2.24, 2.45) is 0 Å². The molecule has 5 heteroatoms. The van der Waals surface area contributed by atoms with Crippen molar-refractivity contribution in [1.29, 1.82) is 0 Å². The van der Waals surface area contributed by atoms with E-state index < -0.39 is 22.4 Å². The molecule has 532 valence electrons. The summed E-state index contributed by atoms with van der Waals surface area (Å²) < 4.78 is 0. The van der Waals surface area contributed by atoms with Gasteiger partial charge in [0.25, 0.3) is 0 Å². The van der Waals surface area contributed by atoms with Crippen LogP contribution in [0.2, 0.25) is 0 Å². The molecule has 0 aromatic heterocycles. The maximum Gasteiger partial charge on any atom is 0.125 e. The predicted molar refractivity (Wildman–Crippen MR) is 442 cm³/mol. The fourth-order valence-electron chi connectivity index (χ4n) is 15.4. The first-order valence-corrected chi connectivity index (χ1v) is 36.9. The SMILES string of the molecule is OC(c1ccccc1)(c1ccccc1)C(c1ccccc1)c1ccccc1.OC(c1ccccc1)(c1ccccc1)C(c1ccccc1)c1ccccc1.OC(c1ccccc1)(c1ccccc1)C(c1ccccc1)c1ccccc1.OC(c1ccccc1)(c1ccccc1)C(c1ccccc1)c1ccccc1.[Ti]. The average molecular weight is 1450 g/mol. The molecule has 0 heterocycles. The van der Waals surface area contributed by atoms with Crippen LogP contribution >= 0.6 is 0 Å². The van der Waals surface area contributed by atoms with Gasteiger partial charge in [-0.3, -0.25) is 0 Å². The first-order valence-electron chi connectivity index (χ1n) is 36.9. The summed E-state index contributed by atoms with van der Waals surface area (Å²) in [5, 5.41) is 49.3. The van der Waals surface area contributed by atoms with Gasteiger partial charge in [-0.25, -0.2) is 0 Å². The van der Waals surface area contributed by atoms with E-state index in [2.05, 4.69) is 97.1 Å². The number of rotatable bonds is 20. The quantitative estimate of drug-likeness (QED) is 0.0573. The molecule has 16 aromatic rings. The monoisotopic (exact) mass is 1450 g/mol. The molecule has 4 N–H and O–H groups in total. The normalized spacial score (nSPS) is 11.4. The van der Waals surface area contributed by atoms with E-state index in [0.717, 1.165) is 89.0 Å². The van der Waals surface area contributed by atoms with E-state index in [1.165, 1.54) is 0 Å². The Balaban J connectivity index is 0.000000135. The van der Waals surface area contributed by atoms with Crippen molar-refractivity contribution in [3.63, 3.8) is 0 Å². The molecule has 0 spiro atoms. The third-order valence-electron chi connectivity index (χ3n) is 20.4.